The first-order chi connectivity index (χ1) is 11.7. The van der Waals surface area contributed by atoms with E-state index in [0.717, 1.165) is 18.4 Å². The molecule has 0 aliphatic heterocycles. The van der Waals surface area contributed by atoms with Crippen LogP contribution in [0.15, 0.2) is 53.1 Å². The second kappa shape index (κ2) is 5.63. The number of carbonyl (C=O) groups is 1. The minimum Gasteiger partial charge on any atom is -0.463 e. The quantitative estimate of drug-likeness (QED) is 0.756. The van der Waals surface area contributed by atoms with E-state index >= 15 is 0 Å². The number of H-pyrrole nitrogens is 1. The molecule has 122 valence electrons. The maximum Gasteiger partial charge on any atom is 0.271 e. The Bertz CT molecular complexity index is 849. The highest BCUT2D eigenvalue weighted by atomic mass is 19.1. The summed E-state index contributed by atoms with van der Waals surface area (Å²) < 4.78 is 18.3. The second-order valence-electron chi connectivity index (χ2n) is 6.11. The molecule has 1 aromatic carbocycles. The summed E-state index contributed by atoms with van der Waals surface area (Å²) in [6.07, 6.45) is 3.53. The van der Waals surface area contributed by atoms with Crippen molar-refractivity contribution in [2.45, 2.75) is 18.3 Å². The van der Waals surface area contributed by atoms with Crippen molar-refractivity contribution in [3.63, 3.8) is 0 Å². The molecule has 6 heteroatoms. The highest BCUT2D eigenvalue weighted by Gasteiger charge is 2.44. The predicted molar refractivity (Wildman–Crippen MR) is 85.9 cm³/mol. The Morgan fingerprint density at radius 2 is 2.08 bits per heavy atom. The Kier molecular flexibility index (Phi) is 3.45. The van der Waals surface area contributed by atoms with Crippen LogP contribution in [-0.4, -0.2) is 22.6 Å². The van der Waals surface area contributed by atoms with Gasteiger partial charge in [-0.1, -0.05) is 12.1 Å². The summed E-state index contributed by atoms with van der Waals surface area (Å²) in [5, 5.41) is 9.75. The zero-order chi connectivity index (χ0) is 16.6. The molecule has 3 aromatic rings. The van der Waals surface area contributed by atoms with Crippen LogP contribution in [-0.2, 0) is 5.41 Å². The molecule has 1 amide bonds. The van der Waals surface area contributed by atoms with Crippen LogP contribution in [0.3, 0.4) is 0 Å². The van der Waals surface area contributed by atoms with E-state index in [1.165, 1.54) is 12.1 Å². The second-order valence-corrected chi connectivity index (χ2v) is 6.11. The molecule has 2 heterocycles. The number of amides is 1. The summed E-state index contributed by atoms with van der Waals surface area (Å²) in [5.41, 5.74) is 1.95. The van der Waals surface area contributed by atoms with E-state index in [1.807, 2.05) is 0 Å². The lowest BCUT2D eigenvalue weighted by molar-refractivity contribution is 0.0944. The molecule has 1 saturated carbocycles. The topological polar surface area (TPSA) is 70.9 Å². The smallest absolute Gasteiger partial charge is 0.271 e. The lowest BCUT2D eigenvalue weighted by Crippen LogP contribution is -2.32. The number of furan rings is 1. The van der Waals surface area contributed by atoms with E-state index in [-0.39, 0.29) is 17.1 Å². The van der Waals surface area contributed by atoms with Crippen molar-refractivity contribution in [2.24, 2.45) is 0 Å². The number of aromatic amines is 1. The van der Waals surface area contributed by atoms with Crippen LogP contribution in [0.5, 0.6) is 0 Å². The molecule has 24 heavy (non-hydrogen) atoms. The van der Waals surface area contributed by atoms with Crippen molar-refractivity contribution in [3.8, 4) is 11.5 Å². The molecule has 2 aromatic heterocycles. The van der Waals surface area contributed by atoms with Gasteiger partial charge in [-0.3, -0.25) is 9.89 Å². The number of rotatable bonds is 5. The highest BCUT2D eigenvalue weighted by molar-refractivity contribution is 5.93. The standard InChI is InChI=1S/C18H16FN3O2/c19-13-5-3-12(4-6-13)18(7-8-18)11-20-17(23)15-10-14(21-22-15)16-2-1-9-24-16/h1-6,9-10H,7-8,11H2,(H,20,23)(H,21,22). The molecule has 0 bridgehead atoms. The van der Waals surface area contributed by atoms with Gasteiger partial charge in [0.1, 0.15) is 11.5 Å². The number of aromatic nitrogens is 2. The Morgan fingerprint density at radius 1 is 1.29 bits per heavy atom. The average molecular weight is 325 g/mol. The third-order valence-corrected chi connectivity index (χ3v) is 4.49. The lowest BCUT2D eigenvalue weighted by Gasteiger charge is -2.16. The zero-order valence-electron chi connectivity index (χ0n) is 12.9. The molecule has 2 N–H and O–H groups in total. The zero-order valence-corrected chi connectivity index (χ0v) is 12.9. The monoisotopic (exact) mass is 325 g/mol. The number of nitrogens with zero attached hydrogens (tertiary/aromatic N) is 1. The molecular formula is C18H16FN3O2. The largest absolute Gasteiger partial charge is 0.463 e. The van der Waals surface area contributed by atoms with E-state index in [0.29, 0.717) is 23.7 Å². The van der Waals surface area contributed by atoms with Crippen LogP contribution >= 0.6 is 0 Å². The molecule has 0 unspecified atom stereocenters. The van der Waals surface area contributed by atoms with Gasteiger partial charge in [0.05, 0.1) is 6.26 Å². The summed E-state index contributed by atoms with van der Waals surface area (Å²) >= 11 is 0. The first kappa shape index (κ1) is 14.7. The van der Waals surface area contributed by atoms with E-state index < -0.39 is 0 Å². The third kappa shape index (κ3) is 2.71. The first-order valence-electron chi connectivity index (χ1n) is 7.80. The van der Waals surface area contributed by atoms with Crippen molar-refractivity contribution in [3.05, 3.63) is 65.8 Å². The summed E-state index contributed by atoms with van der Waals surface area (Å²) in [6.45, 7) is 0.514. The van der Waals surface area contributed by atoms with Gasteiger partial charge in [0.2, 0.25) is 0 Å². The molecule has 0 radical (unpaired) electrons. The van der Waals surface area contributed by atoms with E-state index in [2.05, 4.69) is 15.5 Å². The summed E-state index contributed by atoms with van der Waals surface area (Å²) in [4.78, 5) is 12.3. The molecule has 0 spiro atoms. The molecule has 0 saturated heterocycles. The molecular weight excluding hydrogens is 309 g/mol. The molecule has 1 fully saturated rings. The lowest BCUT2D eigenvalue weighted by atomic mass is 9.96. The van der Waals surface area contributed by atoms with Crippen LogP contribution in [0.25, 0.3) is 11.5 Å². The maximum atomic E-state index is 13.1. The Morgan fingerprint density at radius 3 is 2.75 bits per heavy atom. The molecule has 4 rings (SSSR count). The first-order valence-corrected chi connectivity index (χ1v) is 7.80. The molecule has 0 atom stereocenters. The highest BCUT2D eigenvalue weighted by Crippen LogP contribution is 2.47. The summed E-state index contributed by atoms with van der Waals surface area (Å²) in [6, 6.07) is 11.7. The van der Waals surface area contributed by atoms with Crippen LogP contribution < -0.4 is 5.32 Å². The fourth-order valence-electron chi connectivity index (χ4n) is 2.86. The minimum absolute atomic E-state index is 0.0799. The molecule has 1 aliphatic rings. The fraction of sp³-hybridized carbons (Fsp3) is 0.222. The van der Waals surface area contributed by atoms with Gasteiger partial charge in [0, 0.05) is 18.0 Å². The number of nitrogens with one attached hydrogen (secondary N) is 2. The summed E-state index contributed by atoms with van der Waals surface area (Å²) in [5.74, 6) is 0.143. The molecule has 5 nitrogen and oxygen atoms in total. The van der Waals surface area contributed by atoms with Gasteiger partial charge in [0.25, 0.3) is 5.91 Å². The van der Waals surface area contributed by atoms with Gasteiger partial charge in [0.15, 0.2) is 11.5 Å². The molecule has 1 aliphatic carbocycles. The maximum absolute atomic E-state index is 13.1. The van der Waals surface area contributed by atoms with E-state index in [9.17, 15) is 9.18 Å². The number of hydrogen-bond donors (Lipinski definition) is 2. The summed E-state index contributed by atoms with van der Waals surface area (Å²) in [7, 11) is 0. The SMILES string of the molecule is O=C(NCC1(c2ccc(F)cc2)CC1)c1cc(-c2ccco2)[nH]n1. The van der Waals surface area contributed by atoms with Gasteiger partial charge < -0.3 is 9.73 Å². The number of hydrogen-bond acceptors (Lipinski definition) is 3. The minimum atomic E-state index is -0.249. The number of halogens is 1. The van der Waals surface area contributed by atoms with Crippen molar-refractivity contribution < 1.29 is 13.6 Å². The Balaban J connectivity index is 1.43. The van der Waals surface area contributed by atoms with E-state index in [4.69, 9.17) is 4.42 Å². The predicted octanol–water partition coefficient (Wildman–Crippen LogP) is 3.27. The van der Waals surface area contributed by atoms with Crippen molar-refractivity contribution in [2.75, 3.05) is 6.54 Å². The van der Waals surface area contributed by atoms with Crippen LogP contribution in [0.1, 0.15) is 28.9 Å². The van der Waals surface area contributed by atoms with Crippen LogP contribution in [0, 0.1) is 5.82 Å². The Labute approximate surface area is 137 Å². The van der Waals surface area contributed by atoms with Crippen LogP contribution in [0.4, 0.5) is 4.39 Å². The third-order valence-electron chi connectivity index (χ3n) is 4.49. The van der Waals surface area contributed by atoms with E-state index in [1.54, 1.807) is 36.6 Å². The Hall–Kier alpha value is -2.89. The average Bonchev–Trinajstić information content (AvgIpc) is 3.02. The van der Waals surface area contributed by atoms with Crippen molar-refractivity contribution in [1.82, 2.24) is 15.5 Å². The number of benzene rings is 1. The number of carbonyl (C=O) groups excluding carboxylic acids is 1. The fourth-order valence-corrected chi connectivity index (χ4v) is 2.86. The van der Waals surface area contributed by atoms with Gasteiger partial charge in [-0.2, -0.15) is 5.10 Å². The van der Waals surface area contributed by atoms with Crippen molar-refractivity contribution in [1.29, 1.82) is 0 Å². The normalized spacial score (nSPS) is 15.2. The van der Waals surface area contributed by atoms with Crippen molar-refractivity contribution >= 4 is 5.91 Å². The van der Waals surface area contributed by atoms with Gasteiger partial charge in [-0.15, -0.1) is 0 Å². The van der Waals surface area contributed by atoms with Gasteiger partial charge in [-0.25, -0.2) is 4.39 Å². The van der Waals surface area contributed by atoms with Gasteiger partial charge >= 0.3 is 0 Å². The van der Waals surface area contributed by atoms with Gasteiger partial charge in [-0.05, 0) is 42.7 Å². The van der Waals surface area contributed by atoms with Crippen LogP contribution in [0.2, 0.25) is 0 Å².